The second kappa shape index (κ2) is 8.80. The first-order chi connectivity index (χ1) is 16.0. The van der Waals surface area contributed by atoms with Gasteiger partial charge in [-0.25, -0.2) is 9.97 Å². The van der Waals surface area contributed by atoms with E-state index in [9.17, 15) is 4.79 Å². The Morgan fingerprint density at radius 1 is 1.27 bits per heavy atom. The third-order valence-electron chi connectivity index (χ3n) is 5.95. The number of hydrogen-bond acceptors (Lipinski definition) is 6. The van der Waals surface area contributed by atoms with E-state index in [0.717, 1.165) is 42.4 Å². The van der Waals surface area contributed by atoms with Gasteiger partial charge in [-0.2, -0.15) is 5.10 Å². The van der Waals surface area contributed by atoms with E-state index in [2.05, 4.69) is 25.3 Å². The molecular weight excluding hydrogens is 438 g/mol. The highest BCUT2D eigenvalue weighted by atomic mass is 35.5. The molecule has 3 aromatic heterocycles. The number of rotatable bonds is 4. The molecule has 168 valence electrons. The zero-order valence-electron chi connectivity index (χ0n) is 18.2. The number of pyridine rings is 2. The van der Waals surface area contributed by atoms with Crippen LogP contribution in [0, 0.1) is 6.92 Å². The molecular formula is C24H24ClN7O. The fourth-order valence-corrected chi connectivity index (χ4v) is 4.59. The van der Waals surface area contributed by atoms with Crippen LogP contribution < -0.4 is 16.4 Å². The van der Waals surface area contributed by atoms with Crippen LogP contribution in [0.25, 0.3) is 22.2 Å². The number of aromatic nitrogens is 4. The smallest absolute Gasteiger partial charge is 0.256 e. The first-order valence-electron chi connectivity index (χ1n) is 10.9. The fourth-order valence-electron chi connectivity index (χ4n) is 4.32. The quantitative estimate of drug-likeness (QED) is 0.419. The minimum atomic E-state index is -0.289. The molecule has 0 bridgehead atoms. The molecule has 1 atom stereocenters. The van der Waals surface area contributed by atoms with E-state index < -0.39 is 0 Å². The lowest BCUT2D eigenvalue weighted by molar-refractivity contribution is 0.102. The molecule has 1 aliphatic heterocycles. The maximum absolute atomic E-state index is 12.7. The van der Waals surface area contributed by atoms with E-state index >= 15 is 0 Å². The summed E-state index contributed by atoms with van der Waals surface area (Å²) in [5, 5.41) is 12.4. The number of benzene rings is 1. The summed E-state index contributed by atoms with van der Waals surface area (Å²) in [4.78, 5) is 21.2. The predicted octanol–water partition coefficient (Wildman–Crippen LogP) is 4.21. The van der Waals surface area contributed by atoms with Crippen molar-refractivity contribution in [3.05, 3.63) is 64.9 Å². The highest BCUT2D eigenvalue weighted by molar-refractivity contribution is 6.34. The molecule has 0 spiro atoms. The fraction of sp³-hybridized carbons (Fsp3) is 0.250. The lowest BCUT2D eigenvalue weighted by Crippen LogP contribution is -2.32. The number of nitrogens with two attached hydrogens (primary N) is 1. The molecule has 0 unspecified atom stereocenters. The molecule has 1 fully saturated rings. The third-order valence-corrected chi connectivity index (χ3v) is 6.26. The van der Waals surface area contributed by atoms with Crippen LogP contribution in [0.4, 0.5) is 11.6 Å². The van der Waals surface area contributed by atoms with E-state index in [1.54, 1.807) is 36.7 Å². The Hall–Kier alpha value is -3.49. The van der Waals surface area contributed by atoms with E-state index in [1.165, 1.54) is 0 Å². The lowest BCUT2D eigenvalue weighted by atomic mass is 10.0. The van der Waals surface area contributed by atoms with Crippen molar-refractivity contribution in [2.45, 2.75) is 25.8 Å². The van der Waals surface area contributed by atoms with E-state index in [4.69, 9.17) is 22.4 Å². The molecule has 8 nitrogen and oxygen atoms in total. The van der Waals surface area contributed by atoms with Gasteiger partial charge in [0.15, 0.2) is 0 Å². The molecule has 4 heterocycles. The molecule has 5 rings (SSSR count). The van der Waals surface area contributed by atoms with Crippen molar-refractivity contribution in [2.75, 3.05) is 24.1 Å². The van der Waals surface area contributed by atoms with Gasteiger partial charge in [0.25, 0.3) is 5.91 Å². The summed E-state index contributed by atoms with van der Waals surface area (Å²) < 4.78 is 2.06. The summed E-state index contributed by atoms with van der Waals surface area (Å²) in [7, 11) is 0. The van der Waals surface area contributed by atoms with Gasteiger partial charge in [0, 0.05) is 30.1 Å². The Morgan fingerprint density at radius 2 is 2.15 bits per heavy atom. The van der Waals surface area contributed by atoms with Crippen molar-refractivity contribution in [2.24, 2.45) is 0 Å². The van der Waals surface area contributed by atoms with Crippen LogP contribution in [0.1, 0.15) is 34.8 Å². The minimum Gasteiger partial charge on any atom is -0.383 e. The minimum absolute atomic E-state index is 0.220. The number of carbonyl (C=O) groups is 1. The number of nitrogens with zero attached hydrogens (tertiary/aromatic N) is 4. The number of carbonyl (C=O) groups excluding carboxylic acids is 1. The van der Waals surface area contributed by atoms with Crippen molar-refractivity contribution in [1.82, 2.24) is 25.1 Å². The summed E-state index contributed by atoms with van der Waals surface area (Å²) >= 11 is 6.68. The van der Waals surface area contributed by atoms with Crippen LogP contribution in [0.5, 0.6) is 0 Å². The predicted molar refractivity (Wildman–Crippen MR) is 130 cm³/mol. The molecule has 9 heteroatoms. The number of amides is 1. The molecule has 1 saturated heterocycles. The summed E-state index contributed by atoms with van der Waals surface area (Å²) in [6, 6.07) is 10.7. The van der Waals surface area contributed by atoms with Crippen LogP contribution in [-0.4, -0.2) is 38.7 Å². The number of nitrogens with one attached hydrogen (secondary N) is 2. The van der Waals surface area contributed by atoms with Gasteiger partial charge in [-0.05, 0) is 56.1 Å². The van der Waals surface area contributed by atoms with Crippen molar-refractivity contribution in [3.8, 4) is 11.3 Å². The van der Waals surface area contributed by atoms with Gasteiger partial charge in [-0.3, -0.25) is 9.48 Å². The Morgan fingerprint density at radius 3 is 2.88 bits per heavy atom. The highest BCUT2D eigenvalue weighted by Crippen LogP contribution is 2.38. The Balaban J connectivity index is 1.56. The molecule has 4 aromatic rings. The molecule has 1 aromatic carbocycles. The number of anilines is 2. The lowest BCUT2D eigenvalue weighted by Gasteiger charge is -2.24. The van der Waals surface area contributed by atoms with Gasteiger partial charge in [0.1, 0.15) is 17.3 Å². The van der Waals surface area contributed by atoms with E-state index in [-0.39, 0.29) is 11.9 Å². The van der Waals surface area contributed by atoms with Crippen LogP contribution in [0.3, 0.4) is 0 Å². The average Bonchev–Trinajstić information content (AvgIpc) is 3.24. The van der Waals surface area contributed by atoms with Gasteiger partial charge in [0.2, 0.25) is 0 Å². The van der Waals surface area contributed by atoms with Crippen molar-refractivity contribution >= 4 is 40.0 Å². The number of hydrogen-bond donors (Lipinski definition) is 3. The Kier molecular flexibility index (Phi) is 5.70. The van der Waals surface area contributed by atoms with E-state index in [0.29, 0.717) is 33.5 Å². The summed E-state index contributed by atoms with van der Waals surface area (Å²) in [5.41, 5.74) is 10.1. The molecule has 0 radical (unpaired) electrons. The molecule has 0 saturated carbocycles. The summed E-state index contributed by atoms with van der Waals surface area (Å²) in [6.07, 6.45) is 5.52. The largest absolute Gasteiger partial charge is 0.383 e. The van der Waals surface area contributed by atoms with Crippen LogP contribution >= 0.6 is 11.6 Å². The maximum atomic E-state index is 12.7. The van der Waals surface area contributed by atoms with Gasteiger partial charge >= 0.3 is 0 Å². The number of halogens is 1. The zero-order chi connectivity index (χ0) is 22.9. The first kappa shape index (κ1) is 21.4. The van der Waals surface area contributed by atoms with E-state index in [1.807, 2.05) is 19.1 Å². The second-order valence-electron chi connectivity index (χ2n) is 8.21. The van der Waals surface area contributed by atoms with Crippen LogP contribution in [0.2, 0.25) is 5.02 Å². The summed E-state index contributed by atoms with van der Waals surface area (Å²) in [5.74, 6) is 0.597. The Bertz CT molecular complexity index is 1330. The van der Waals surface area contributed by atoms with Gasteiger partial charge < -0.3 is 16.4 Å². The number of nitrogen functional groups attached to an aromatic ring is 1. The molecule has 1 amide bonds. The highest BCUT2D eigenvalue weighted by Gasteiger charge is 2.25. The molecule has 0 aliphatic carbocycles. The number of aryl methyl sites for hydroxylation is 1. The normalized spacial score (nSPS) is 16.1. The first-order valence-corrected chi connectivity index (χ1v) is 11.3. The average molecular weight is 462 g/mol. The van der Waals surface area contributed by atoms with Gasteiger partial charge in [-0.1, -0.05) is 23.7 Å². The van der Waals surface area contributed by atoms with Crippen molar-refractivity contribution < 1.29 is 4.79 Å². The van der Waals surface area contributed by atoms with Gasteiger partial charge in [-0.15, -0.1) is 0 Å². The summed E-state index contributed by atoms with van der Waals surface area (Å²) in [6.45, 7) is 3.87. The topological polar surface area (TPSA) is 111 Å². The number of piperidine rings is 1. The van der Waals surface area contributed by atoms with Crippen molar-refractivity contribution in [3.63, 3.8) is 0 Å². The van der Waals surface area contributed by atoms with Crippen molar-refractivity contribution in [1.29, 1.82) is 0 Å². The molecule has 1 aliphatic rings. The maximum Gasteiger partial charge on any atom is 0.256 e. The second-order valence-corrected chi connectivity index (χ2v) is 8.61. The zero-order valence-corrected chi connectivity index (χ0v) is 18.9. The molecule has 33 heavy (non-hydrogen) atoms. The van der Waals surface area contributed by atoms with Gasteiger partial charge in [0.05, 0.1) is 22.0 Å². The Labute approximate surface area is 196 Å². The third kappa shape index (κ3) is 4.03. The van der Waals surface area contributed by atoms with Crippen LogP contribution in [-0.2, 0) is 0 Å². The SMILES string of the molecule is Cc1cnc(N)c2c(-c3ccc(C(=O)Nc4ccccn4)cc3Cl)nn([C@@H]3CCCNC3)c12. The van der Waals surface area contributed by atoms with Crippen LogP contribution in [0.15, 0.2) is 48.8 Å². The standard InChI is InChI=1S/C24H24ClN7O/c1-14-12-29-23(26)20-21(31-32(22(14)20)16-5-4-9-27-13-16)17-8-7-15(11-18(17)25)24(33)30-19-6-2-3-10-28-19/h2-3,6-8,10-12,16,27H,4-5,9,13H2,1H3,(H2,26,29)(H,28,30,33)/t16-/m1/s1. The molecule has 4 N–H and O–H groups in total. The monoisotopic (exact) mass is 461 g/mol. The number of fused-ring (bicyclic) bond motifs is 1.